The van der Waals surface area contributed by atoms with Crippen molar-refractivity contribution in [2.75, 3.05) is 11.9 Å². The lowest BCUT2D eigenvalue weighted by Gasteiger charge is -2.36. The van der Waals surface area contributed by atoms with Crippen molar-refractivity contribution in [1.29, 1.82) is 0 Å². The molecule has 0 bridgehead atoms. The molecule has 5 nitrogen and oxygen atoms in total. The van der Waals surface area contributed by atoms with Crippen LogP contribution in [0.25, 0.3) is 0 Å². The fourth-order valence-electron chi connectivity index (χ4n) is 3.73. The lowest BCUT2D eigenvalue weighted by molar-refractivity contribution is -0.384. The van der Waals surface area contributed by atoms with Gasteiger partial charge in [0.15, 0.2) is 0 Å². The second kappa shape index (κ2) is 5.35. The van der Waals surface area contributed by atoms with E-state index in [0.717, 1.165) is 24.3 Å². The molecule has 0 saturated carbocycles. The van der Waals surface area contributed by atoms with Crippen LogP contribution in [-0.2, 0) is 4.74 Å². The molecule has 118 valence electrons. The summed E-state index contributed by atoms with van der Waals surface area (Å²) in [5.41, 5.74) is 4.75. The summed E-state index contributed by atoms with van der Waals surface area (Å²) < 4.78 is 6.00. The van der Waals surface area contributed by atoms with Crippen LogP contribution in [0.5, 0.6) is 0 Å². The van der Waals surface area contributed by atoms with Crippen LogP contribution in [0.1, 0.15) is 35.3 Å². The van der Waals surface area contributed by atoms with Crippen LogP contribution >= 0.6 is 0 Å². The Morgan fingerprint density at radius 1 is 1.22 bits per heavy atom. The highest BCUT2D eigenvalue weighted by Crippen LogP contribution is 2.50. The Kier molecular flexibility index (Phi) is 3.31. The number of nitrogens with zero attached hydrogens (tertiary/aromatic N) is 1. The number of hydrogen-bond acceptors (Lipinski definition) is 4. The number of non-ortho nitro benzene ring substituents is 1. The first kappa shape index (κ1) is 14.2. The summed E-state index contributed by atoms with van der Waals surface area (Å²) in [6, 6.07) is 13.4. The molecular weight excluding hydrogens is 292 g/mol. The topological polar surface area (TPSA) is 64.4 Å². The molecule has 0 aromatic heterocycles. The zero-order chi connectivity index (χ0) is 16.0. The molecule has 3 atom stereocenters. The van der Waals surface area contributed by atoms with Gasteiger partial charge in [0.05, 0.1) is 17.1 Å². The van der Waals surface area contributed by atoms with Crippen molar-refractivity contribution in [3.63, 3.8) is 0 Å². The van der Waals surface area contributed by atoms with Gasteiger partial charge in [0, 0.05) is 35.9 Å². The minimum atomic E-state index is -0.363. The molecule has 2 aromatic carbocycles. The Morgan fingerprint density at radius 3 is 2.74 bits per heavy atom. The summed E-state index contributed by atoms with van der Waals surface area (Å²) in [6.07, 6.45) is 1.10. The van der Waals surface area contributed by atoms with Crippen LogP contribution in [0, 0.1) is 23.0 Å². The minimum Gasteiger partial charge on any atom is -0.378 e. The second-order valence-electron chi connectivity index (χ2n) is 6.31. The summed E-state index contributed by atoms with van der Waals surface area (Å²) in [7, 11) is 0. The zero-order valence-corrected chi connectivity index (χ0v) is 12.9. The third-order valence-electron chi connectivity index (χ3n) is 4.85. The highest BCUT2D eigenvalue weighted by atomic mass is 16.6. The Balaban J connectivity index is 1.72. The number of benzene rings is 2. The van der Waals surface area contributed by atoms with E-state index >= 15 is 0 Å². The van der Waals surface area contributed by atoms with Gasteiger partial charge in [-0.05, 0) is 25.0 Å². The first-order valence-electron chi connectivity index (χ1n) is 7.86. The molecule has 5 heteroatoms. The minimum absolute atomic E-state index is 0.103. The summed E-state index contributed by atoms with van der Waals surface area (Å²) in [4.78, 5) is 10.5. The van der Waals surface area contributed by atoms with Gasteiger partial charge in [0.1, 0.15) is 0 Å². The van der Waals surface area contributed by atoms with E-state index in [0.29, 0.717) is 5.92 Å². The molecule has 2 aromatic rings. The first-order valence-corrected chi connectivity index (χ1v) is 7.86. The number of fused-ring (bicyclic) bond motifs is 3. The average molecular weight is 310 g/mol. The molecule has 1 N–H and O–H groups in total. The maximum Gasteiger partial charge on any atom is 0.269 e. The van der Waals surface area contributed by atoms with Gasteiger partial charge >= 0.3 is 0 Å². The third kappa shape index (κ3) is 2.37. The zero-order valence-electron chi connectivity index (χ0n) is 12.9. The fraction of sp³-hybridized carbons (Fsp3) is 0.333. The number of anilines is 1. The van der Waals surface area contributed by atoms with Crippen LogP contribution in [-0.4, -0.2) is 11.5 Å². The van der Waals surface area contributed by atoms with E-state index in [1.54, 1.807) is 12.1 Å². The fourth-order valence-corrected chi connectivity index (χ4v) is 3.73. The maximum atomic E-state index is 10.8. The molecule has 0 amide bonds. The van der Waals surface area contributed by atoms with Gasteiger partial charge in [-0.15, -0.1) is 0 Å². The summed E-state index contributed by atoms with van der Waals surface area (Å²) >= 11 is 0. The van der Waals surface area contributed by atoms with Gasteiger partial charge in [-0.25, -0.2) is 0 Å². The Bertz CT molecular complexity index is 757. The largest absolute Gasteiger partial charge is 0.378 e. The van der Waals surface area contributed by atoms with Crippen molar-refractivity contribution >= 4 is 11.4 Å². The van der Waals surface area contributed by atoms with E-state index in [2.05, 4.69) is 30.4 Å². The summed E-state index contributed by atoms with van der Waals surface area (Å²) in [6.45, 7) is 2.85. The lowest BCUT2D eigenvalue weighted by Crippen LogP contribution is -2.29. The van der Waals surface area contributed by atoms with E-state index in [1.165, 1.54) is 11.1 Å². The lowest BCUT2D eigenvalue weighted by atomic mass is 9.80. The van der Waals surface area contributed by atoms with Crippen LogP contribution in [0.2, 0.25) is 0 Å². The maximum absolute atomic E-state index is 10.8. The number of nitro benzene ring substituents is 1. The number of ether oxygens (including phenoxy) is 1. The normalized spacial score (nSPS) is 25.3. The molecule has 1 saturated heterocycles. The smallest absolute Gasteiger partial charge is 0.269 e. The number of rotatable bonds is 2. The monoisotopic (exact) mass is 310 g/mol. The van der Waals surface area contributed by atoms with Crippen molar-refractivity contribution in [2.24, 2.45) is 5.92 Å². The quantitative estimate of drug-likeness (QED) is 0.668. The van der Waals surface area contributed by atoms with Gasteiger partial charge in [0.25, 0.3) is 5.69 Å². The van der Waals surface area contributed by atoms with Gasteiger partial charge in [-0.1, -0.05) is 29.8 Å². The highest BCUT2D eigenvalue weighted by molar-refractivity contribution is 5.58. The Morgan fingerprint density at radius 2 is 2.00 bits per heavy atom. The van der Waals surface area contributed by atoms with E-state index in [-0.39, 0.29) is 22.8 Å². The second-order valence-corrected chi connectivity index (χ2v) is 6.31. The SMILES string of the molecule is Cc1ccc2c(c1)C1OCCC1C(c1ccc([N+](=O)[O-])cc1)N2. The van der Waals surface area contributed by atoms with Crippen LogP contribution in [0.3, 0.4) is 0 Å². The standard InChI is InChI=1S/C18H18N2O3/c1-11-2-7-16-15(10-11)18-14(8-9-23-18)17(19-16)12-3-5-13(6-4-12)20(21)22/h2-7,10,14,17-19H,8-9H2,1H3. The molecule has 4 rings (SSSR count). The molecule has 0 radical (unpaired) electrons. The highest BCUT2D eigenvalue weighted by Gasteiger charge is 2.41. The summed E-state index contributed by atoms with van der Waals surface area (Å²) in [5.74, 6) is 0.353. The van der Waals surface area contributed by atoms with Crippen LogP contribution < -0.4 is 5.32 Å². The van der Waals surface area contributed by atoms with Crippen LogP contribution in [0.4, 0.5) is 11.4 Å². The predicted molar refractivity (Wildman–Crippen MR) is 87.4 cm³/mol. The van der Waals surface area contributed by atoms with Crippen molar-refractivity contribution in [3.8, 4) is 0 Å². The van der Waals surface area contributed by atoms with Crippen LogP contribution in [0.15, 0.2) is 42.5 Å². The Hall–Kier alpha value is -2.40. The van der Waals surface area contributed by atoms with E-state index < -0.39 is 0 Å². The molecule has 1 fully saturated rings. The van der Waals surface area contributed by atoms with E-state index in [4.69, 9.17) is 4.74 Å². The average Bonchev–Trinajstić information content (AvgIpc) is 3.04. The van der Waals surface area contributed by atoms with Crippen molar-refractivity contribution < 1.29 is 9.66 Å². The molecule has 3 unspecified atom stereocenters. The molecule has 0 spiro atoms. The number of nitrogens with one attached hydrogen (secondary N) is 1. The van der Waals surface area contributed by atoms with Gasteiger partial charge in [-0.3, -0.25) is 10.1 Å². The van der Waals surface area contributed by atoms with Gasteiger partial charge < -0.3 is 10.1 Å². The number of aryl methyl sites for hydroxylation is 1. The number of hydrogen-bond donors (Lipinski definition) is 1. The molecule has 2 aliphatic heterocycles. The first-order chi connectivity index (χ1) is 11.1. The summed E-state index contributed by atoms with van der Waals surface area (Å²) in [5, 5.41) is 14.4. The Labute approximate surface area is 134 Å². The van der Waals surface area contributed by atoms with E-state index in [1.807, 2.05) is 12.1 Å². The van der Waals surface area contributed by atoms with Gasteiger partial charge in [0.2, 0.25) is 0 Å². The van der Waals surface area contributed by atoms with Crippen molar-refractivity contribution in [2.45, 2.75) is 25.5 Å². The van der Waals surface area contributed by atoms with E-state index in [9.17, 15) is 10.1 Å². The predicted octanol–water partition coefficient (Wildman–Crippen LogP) is 4.15. The molecule has 2 heterocycles. The molecule has 2 aliphatic rings. The van der Waals surface area contributed by atoms with Gasteiger partial charge in [-0.2, -0.15) is 0 Å². The molecule has 0 aliphatic carbocycles. The van der Waals surface area contributed by atoms with Crippen molar-refractivity contribution in [1.82, 2.24) is 0 Å². The number of nitro groups is 1. The third-order valence-corrected chi connectivity index (χ3v) is 4.85. The molecule has 23 heavy (non-hydrogen) atoms. The van der Waals surface area contributed by atoms with Crippen molar-refractivity contribution in [3.05, 3.63) is 69.3 Å². The molecular formula is C18H18N2O3.